The average Bonchev–Trinajstić information content (AvgIpc) is 2.44. The van der Waals surface area contributed by atoms with E-state index in [0.29, 0.717) is 19.3 Å². The predicted molar refractivity (Wildman–Crippen MR) is 71.5 cm³/mol. The lowest BCUT2D eigenvalue weighted by Gasteiger charge is -2.30. The van der Waals surface area contributed by atoms with Gasteiger partial charge in [-0.1, -0.05) is 12.5 Å². The lowest BCUT2D eigenvalue weighted by molar-refractivity contribution is 0.166. The Morgan fingerprint density at radius 2 is 1.89 bits per heavy atom. The molecule has 3 rings (SSSR count). The monoisotopic (exact) mass is 247 g/mol. The maximum atomic E-state index is 5.88. The van der Waals surface area contributed by atoms with Gasteiger partial charge in [0, 0.05) is 11.6 Å². The van der Waals surface area contributed by atoms with Gasteiger partial charge in [-0.2, -0.15) is 0 Å². The summed E-state index contributed by atoms with van der Waals surface area (Å²) >= 11 is 0. The van der Waals surface area contributed by atoms with E-state index < -0.39 is 0 Å². The van der Waals surface area contributed by atoms with Crippen LogP contribution in [-0.4, -0.2) is 19.8 Å². The third-order valence-corrected chi connectivity index (χ3v) is 4.03. The summed E-state index contributed by atoms with van der Waals surface area (Å²) in [6.07, 6.45) is 3.76. The Morgan fingerprint density at radius 3 is 2.61 bits per heavy atom. The molecular formula is C15H21NO2. The van der Waals surface area contributed by atoms with Crippen molar-refractivity contribution in [1.29, 1.82) is 0 Å². The van der Waals surface area contributed by atoms with Crippen molar-refractivity contribution in [3.05, 3.63) is 22.8 Å². The smallest absolute Gasteiger partial charge is 0.166 e. The van der Waals surface area contributed by atoms with E-state index in [-0.39, 0.29) is 0 Å². The van der Waals surface area contributed by atoms with Crippen LogP contribution in [0.1, 0.15) is 42.0 Å². The first-order valence-electron chi connectivity index (χ1n) is 6.90. The van der Waals surface area contributed by atoms with Crippen LogP contribution in [0.2, 0.25) is 0 Å². The molecule has 3 nitrogen and oxygen atoms in total. The van der Waals surface area contributed by atoms with Crippen LogP contribution in [0.25, 0.3) is 0 Å². The summed E-state index contributed by atoms with van der Waals surface area (Å²) in [7, 11) is 0. The molecule has 0 aliphatic carbocycles. The van der Waals surface area contributed by atoms with Gasteiger partial charge in [0.25, 0.3) is 0 Å². The van der Waals surface area contributed by atoms with E-state index >= 15 is 0 Å². The standard InChI is InChI=1S/C15H21NO2/c1-10-9-12(13-5-3-4-6-16-13)15-14(11(10)2)17-7-8-18-15/h9,13,16H,3-8H2,1-2H3. The van der Waals surface area contributed by atoms with E-state index in [1.165, 1.54) is 36.0 Å². The minimum absolute atomic E-state index is 0.425. The molecule has 0 radical (unpaired) electrons. The van der Waals surface area contributed by atoms with Gasteiger partial charge in [0.1, 0.15) is 13.2 Å². The van der Waals surface area contributed by atoms with Gasteiger partial charge in [0.05, 0.1) is 0 Å². The third-order valence-electron chi connectivity index (χ3n) is 4.03. The zero-order chi connectivity index (χ0) is 12.5. The molecule has 0 amide bonds. The molecule has 98 valence electrons. The second-order valence-electron chi connectivity index (χ2n) is 5.27. The third kappa shape index (κ3) is 1.97. The molecule has 1 N–H and O–H groups in total. The number of rotatable bonds is 1. The van der Waals surface area contributed by atoms with E-state index in [2.05, 4.69) is 25.2 Å². The fourth-order valence-corrected chi connectivity index (χ4v) is 2.87. The summed E-state index contributed by atoms with van der Waals surface area (Å²) < 4.78 is 11.7. The highest BCUT2D eigenvalue weighted by Crippen LogP contribution is 2.42. The summed E-state index contributed by atoms with van der Waals surface area (Å²) in [5.74, 6) is 1.94. The number of ether oxygens (including phenoxy) is 2. The summed E-state index contributed by atoms with van der Waals surface area (Å²) in [6.45, 7) is 6.69. The van der Waals surface area contributed by atoms with Crippen molar-refractivity contribution in [3.8, 4) is 11.5 Å². The highest BCUT2D eigenvalue weighted by atomic mass is 16.6. The van der Waals surface area contributed by atoms with Gasteiger partial charge in [-0.25, -0.2) is 0 Å². The second kappa shape index (κ2) is 4.81. The molecule has 18 heavy (non-hydrogen) atoms. The highest BCUT2D eigenvalue weighted by Gasteiger charge is 2.25. The molecule has 1 unspecified atom stereocenters. The van der Waals surface area contributed by atoms with Gasteiger partial charge in [0.15, 0.2) is 11.5 Å². The van der Waals surface area contributed by atoms with Gasteiger partial charge in [-0.3, -0.25) is 0 Å². The zero-order valence-corrected chi connectivity index (χ0v) is 11.2. The molecule has 1 atom stereocenters. The minimum Gasteiger partial charge on any atom is -0.486 e. The van der Waals surface area contributed by atoms with Crippen LogP contribution < -0.4 is 14.8 Å². The Hall–Kier alpha value is -1.22. The van der Waals surface area contributed by atoms with Crippen LogP contribution in [0.4, 0.5) is 0 Å². The Kier molecular flexibility index (Phi) is 3.16. The quantitative estimate of drug-likeness (QED) is 0.827. The van der Waals surface area contributed by atoms with Crippen LogP contribution >= 0.6 is 0 Å². The van der Waals surface area contributed by atoms with Gasteiger partial charge in [-0.05, 0) is 44.4 Å². The summed E-state index contributed by atoms with van der Waals surface area (Å²) in [6, 6.07) is 2.69. The maximum Gasteiger partial charge on any atom is 0.166 e. The lowest BCUT2D eigenvalue weighted by Crippen LogP contribution is -2.28. The first kappa shape index (κ1) is 11.8. The molecule has 2 aliphatic heterocycles. The van der Waals surface area contributed by atoms with Crippen molar-refractivity contribution in [3.63, 3.8) is 0 Å². The van der Waals surface area contributed by atoms with Crippen LogP contribution in [0.15, 0.2) is 6.07 Å². The first-order chi connectivity index (χ1) is 8.77. The van der Waals surface area contributed by atoms with Crippen molar-refractivity contribution >= 4 is 0 Å². The molecule has 1 fully saturated rings. The number of nitrogens with one attached hydrogen (secondary N) is 1. The van der Waals surface area contributed by atoms with Crippen molar-refractivity contribution in [1.82, 2.24) is 5.32 Å². The SMILES string of the molecule is Cc1cc(C2CCCCN2)c2c(c1C)OCCO2. The van der Waals surface area contributed by atoms with E-state index in [1.807, 2.05) is 0 Å². The number of hydrogen-bond donors (Lipinski definition) is 1. The summed E-state index contributed by atoms with van der Waals surface area (Å²) in [5, 5.41) is 3.60. The van der Waals surface area contributed by atoms with E-state index in [1.54, 1.807) is 0 Å². The highest BCUT2D eigenvalue weighted by molar-refractivity contribution is 5.56. The van der Waals surface area contributed by atoms with Crippen molar-refractivity contribution in [2.24, 2.45) is 0 Å². The van der Waals surface area contributed by atoms with Gasteiger partial charge >= 0.3 is 0 Å². The Morgan fingerprint density at radius 1 is 1.11 bits per heavy atom. The Balaban J connectivity index is 2.05. The lowest BCUT2D eigenvalue weighted by atomic mass is 9.93. The molecular weight excluding hydrogens is 226 g/mol. The van der Waals surface area contributed by atoms with Crippen molar-refractivity contribution < 1.29 is 9.47 Å². The van der Waals surface area contributed by atoms with E-state index in [4.69, 9.17) is 9.47 Å². The molecule has 0 spiro atoms. The minimum atomic E-state index is 0.425. The maximum absolute atomic E-state index is 5.88. The summed E-state index contributed by atoms with van der Waals surface area (Å²) in [4.78, 5) is 0. The molecule has 0 saturated carbocycles. The molecule has 1 aromatic rings. The van der Waals surface area contributed by atoms with Gasteiger partial charge in [0.2, 0.25) is 0 Å². The first-order valence-corrected chi connectivity index (χ1v) is 6.90. The van der Waals surface area contributed by atoms with E-state index in [9.17, 15) is 0 Å². The molecule has 0 aromatic heterocycles. The Bertz CT molecular complexity index is 450. The van der Waals surface area contributed by atoms with Crippen LogP contribution in [-0.2, 0) is 0 Å². The van der Waals surface area contributed by atoms with Crippen LogP contribution in [0.5, 0.6) is 11.5 Å². The van der Waals surface area contributed by atoms with Gasteiger partial charge in [-0.15, -0.1) is 0 Å². The molecule has 1 saturated heterocycles. The predicted octanol–water partition coefficient (Wildman–Crippen LogP) is 2.89. The second-order valence-corrected chi connectivity index (χ2v) is 5.27. The normalized spacial score (nSPS) is 22.9. The number of piperidine rings is 1. The number of hydrogen-bond acceptors (Lipinski definition) is 3. The number of benzene rings is 1. The van der Waals surface area contributed by atoms with Crippen LogP contribution in [0, 0.1) is 13.8 Å². The van der Waals surface area contributed by atoms with Crippen LogP contribution in [0.3, 0.4) is 0 Å². The largest absolute Gasteiger partial charge is 0.486 e. The van der Waals surface area contributed by atoms with Gasteiger partial charge < -0.3 is 14.8 Å². The molecule has 2 heterocycles. The van der Waals surface area contributed by atoms with Crippen molar-refractivity contribution in [2.45, 2.75) is 39.2 Å². The molecule has 3 heteroatoms. The molecule has 2 aliphatic rings. The molecule has 0 bridgehead atoms. The van der Waals surface area contributed by atoms with E-state index in [0.717, 1.165) is 18.0 Å². The topological polar surface area (TPSA) is 30.5 Å². The fraction of sp³-hybridized carbons (Fsp3) is 0.600. The fourth-order valence-electron chi connectivity index (χ4n) is 2.87. The zero-order valence-electron chi connectivity index (χ0n) is 11.2. The number of aryl methyl sites for hydroxylation is 1. The van der Waals surface area contributed by atoms with Crippen molar-refractivity contribution in [2.75, 3.05) is 19.8 Å². The summed E-state index contributed by atoms with van der Waals surface area (Å²) in [5.41, 5.74) is 3.79. The molecule has 1 aromatic carbocycles. The number of fused-ring (bicyclic) bond motifs is 1. The average molecular weight is 247 g/mol. The Labute approximate surface area is 108 Å².